The molecule has 4 N–H and O–H groups in total. The van der Waals surface area contributed by atoms with Crippen molar-refractivity contribution in [3.05, 3.63) is 96.6 Å². The molecule has 42 heavy (non-hydrogen) atoms. The molecule has 1 amide bonds. The monoisotopic (exact) mass is 561 g/mol. The Hall–Kier alpha value is -4.67. The molecule has 1 aliphatic heterocycles. The minimum absolute atomic E-state index is 0.0792. The predicted octanol–water partition coefficient (Wildman–Crippen LogP) is 4.91. The van der Waals surface area contributed by atoms with Gasteiger partial charge in [-0.15, -0.1) is 0 Å². The summed E-state index contributed by atoms with van der Waals surface area (Å²) in [6, 6.07) is 17.5. The maximum Gasteiger partial charge on any atom is 0.245 e. The molecule has 1 fully saturated rings. The first-order valence-electron chi connectivity index (χ1n) is 14.2. The normalized spacial score (nSPS) is 16.6. The number of H-pyrrole nitrogens is 2. The van der Waals surface area contributed by atoms with Gasteiger partial charge in [0.2, 0.25) is 5.91 Å². The molecule has 0 aliphatic carbocycles. The van der Waals surface area contributed by atoms with Crippen LogP contribution in [0.4, 0.5) is 0 Å². The average Bonchev–Trinajstić information content (AvgIpc) is 3.79. The zero-order valence-corrected chi connectivity index (χ0v) is 24.0. The number of aromatic amines is 2. The molecule has 3 atom stereocenters. The maximum absolute atomic E-state index is 13.8. The van der Waals surface area contributed by atoms with E-state index in [0.717, 1.165) is 59.0 Å². The number of hydrogen-bond donors (Lipinski definition) is 3. The van der Waals surface area contributed by atoms with E-state index in [1.807, 2.05) is 91.6 Å². The van der Waals surface area contributed by atoms with Crippen LogP contribution < -0.4 is 5.73 Å². The average molecular weight is 562 g/mol. The van der Waals surface area contributed by atoms with Crippen molar-refractivity contribution < 1.29 is 4.79 Å². The van der Waals surface area contributed by atoms with E-state index in [1.54, 1.807) is 18.6 Å². The third-order valence-corrected chi connectivity index (χ3v) is 7.76. The van der Waals surface area contributed by atoms with Gasteiger partial charge < -0.3 is 20.6 Å². The summed E-state index contributed by atoms with van der Waals surface area (Å²) in [7, 11) is 3.90. The summed E-state index contributed by atoms with van der Waals surface area (Å²) in [5, 5.41) is 0. The number of benzene rings is 2. The lowest BCUT2D eigenvalue weighted by molar-refractivity contribution is -0.137. The van der Waals surface area contributed by atoms with Crippen LogP contribution in [0.25, 0.3) is 33.9 Å². The third kappa shape index (κ3) is 5.46. The van der Waals surface area contributed by atoms with Crippen molar-refractivity contribution in [2.24, 2.45) is 5.73 Å². The summed E-state index contributed by atoms with van der Waals surface area (Å²) in [5.74, 6) is 1.63. The highest BCUT2D eigenvalue weighted by molar-refractivity contribution is 5.84. The fourth-order valence-electron chi connectivity index (χ4n) is 5.56. The lowest BCUT2D eigenvalue weighted by Crippen LogP contribution is -2.40. The quantitative estimate of drug-likeness (QED) is 0.245. The van der Waals surface area contributed by atoms with Crippen molar-refractivity contribution in [2.45, 2.75) is 37.9 Å². The van der Waals surface area contributed by atoms with Crippen molar-refractivity contribution in [3.63, 3.8) is 0 Å². The number of hydrogen-bond acceptors (Lipinski definition) is 7. The predicted molar refractivity (Wildman–Crippen MR) is 162 cm³/mol. The van der Waals surface area contributed by atoms with E-state index in [-0.39, 0.29) is 24.0 Å². The molecule has 10 nitrogen and oxygen atoms in total. The third-order valence-electron chi connectivity index (χ3n) is 7.76. The topological polar surface area (TPSA) is 133 Å². The summed E-state index contributed by atoms with van der Waals surface area (Å²) >= 11 is 0. The molecular weight excluding hydrogens is 526 g/mol. The minimum atomic E-state index is -0.336. The van der Waals surface area contributed by atoms with Crippen LogP contribution in [-0.4, -0.2) is 66.3 Å². The van der Waals surface area contributed by atoms with E-state index in [0.29, 0.717) is 11.5 Å². The first-order chi connectivity index (χ1) is 20.4. The molecule has 0 unspecified atom stereocenters. The highest BCUT2D eigenvalue weighted by Crippen LogP contribution is 2.35. The second-order valence-electron chi connectivity index (χ2n) is 11.0. The standard InChI is InChI=1S/C32H35N9O/c1-20(33)30-36-19-27(39-30)26-18-34-24(16-35-26)21-11-13-22(14-12-21)25-17-37-31(38-25)28-10-7-15-41(28)32(42)29(40(2)3)23-8-5-4-6-9-23/h4-6,8-9,11-14,16-20,28-29H,7,10,15,33H2,1-3H3,(H,36,39)(H,37,38)/t20-,28-,29+/m0/s1. The Balaban J connectivity index is 1.17. The highest BCUT2D eigenvalue weighted by atomic mass is 16.2. The summed E-state index contributed by atoms with van der Waals surface area (Å²) in [6.07, 6.45) is 8.89. The van der Waals surface area contributed by atoms with Crippen molar-refractivity contribution in [3.8, 4) is 33.9 Å². The summed E-state index contributed by atoms with van der Waals surface area (Å²) in [5.41, 5.74) is 12.0. The van der Waals surface area contributed by atoms with Crippen LogP contribution in [0.15, 0.2) is 79.4 Å². The van der Waals surface area contributed by atoms with Gasteiger partial charge in [0.25, 0.3) is 0 Å². The molecule has 0 saturated carbocycles. The van der Waals surface area contributed by atoms with Crippen molar-refractivity contribution in [1.29, 1.82) is 0 Å². The molecule has 4 heterocycles. The van der Waals surface area contributed by atoms with Crippen molar-refractivity contribution in [2.75, 3.05) is 20.6 Å². The summed E-state index contributed by atoms with van der Waals surface area (Å²) < 4.78 is 0. The molecule has 1 aliphatic rings. The van der Waals surface area contributed by atoms with Crippen LogP contribution in [0.1, 0.15) is 55.1 Å². The molecule has 2 aromatic carbocycles. The largest absolute Gasteiger partial charge is 0.340 e. The van der Waals surface area contributed by atoms with Gasteiger partial charge in [-0.05, 0) is 45.0 Å². The fourth-order valence-corrected chi connectivity index (χ4v) is 5.56. The molecule has 214 valence electrons. The number of aromatic nitrogens is 6. The van der Waals surface area contributed by atoms with E-state index >= 15 is 0 Å². The maximum atomic E-state index is 13.8. The van der Waals surface area contributed by atoms with Crippen LogP contribution >= 0.6 is 0 Å². The Morgan fingerprint density at radius 2 is 1.57 bits per heavy atom. The first-order valence-corrected chi connectivity index (χ1v) is 14.2. The second-order valence-corrected chi connectivity index (χ2v) is 11.0. The van der Waals surface area contributed by atoms with Gasteiger partial charge in [-0.1, -0.05) is 54.6 Å². The van der Waals surface area contributed by atoms with E-state index in [9.17, 15) is 4.79 Å². The molecule has 1 saturated heterocycles. The minimum Gasteiger partial charge on any atom is -0.340 e. The molecular formula is C32H35N9O. The van der Waals surface area contributed by atoms with Gasteiger partial charge in [0, 0.05) is 12.1 Å². The van der Waals surface area contributed by atoms with E-state index in [4.69, 9.17) is 10.7 Å². The van der Waals surface area contributed by atoms with Gasteiger partial charge in [-0.3, -0.25) is 19.7 Å². The number of rotatable bonds is 8. The number of nitrogens with one attached hydrogen (secondary N) is 2. The number of likely N-dealkylation sites (N-methyl/N-ethyl adjacent to an activating group) is 1. The molecule has 6 rings (SSSR count). The molecule has 10 heteroatoms. The molecule has 0 radical (unpaired) electrons. The first kappa shape index (κ1) is 27.5. The summed E-state index contributed by atoms with van der Waals surface area (Å²) in [4.78, 5) is 42.6. The lowest BCUT2D eigenvalue weighted by Gasteiger charge is -2.31. The Labute approximate surface area is 245 Å². The number of nitrogens with zero attached hydrogens (tertiary/aromatic N) is 6. The van der Waals surface area contributed by atoms with Crippen molar-refractivity contribution in [1.82, 2.24) is 39.7 Å². The SMILES string of the molecule is C[C@H](N)c1ncc(-c2cnc(-c3ccc(-c4cnc([C@@H]5CCCN5C(=O)[C@@H](c5ccccc5)N(C)C)[nH]4)cc3)cn2)[nH]1. The van der Waals surface area contributed by atoms with Gasteiger partial charge in [-0.25, -0.2) is 9.97 Å². The Bertz CT molecular complexity index is 1640. The van der Waals surface area contributed by atoms with E-state index < -0.39 is 0 Å². The fraction of sp³-hybridized carbons (Fsp3) is 0.281. The van der Waals surface area contributed by atoms with Gasteiger partial charge in [-0.2, -0.15) is 0 Å². The van der Waals surface area contributed by atoms with Crippen LogP contribution in [0.2, 0.25) is 0 Å². The zero-order valence-electron chi connectivity index (χ0n) is 24.0. The van der Waals surface area contributed by atoms with E-state index in [1.165, 1.54) is 0 Å². The summed E-state index contributed by atoms with van der Waals surface area (Å²) in [6.45, 7) is 2.60. The number of carbonyl (C=O) groups is 1. The van der Waals surface area contributed by atoms with Crippen LogP contribution in [0.3, 0.4) is 0 Å². The Morgan fingerprint density at radius 3 is 2.24 bits per heavy atom. The van der Waals surface area contributed by atoms with Crippen molar-refractivity contribution >= 4 is 5.91 Å². The van der Waals surface area contributed by atoms with Gasteiger partial charge in [0.1, 0.15) is 23.4 Å². The van der Waals surface area contributed by atoms with Gasteiger partial charge in [0.15, 0.2) is 0 Å². The number of likely N-dealkylation sites (tertiary alicyclic amines) is 1. The molecule has 3 aromatic heterocycles. The van der Waals surface area contributed by atoms with Gasteiger partial charge >= 0.3 is 0 Å². The molecule has 5 aromatic rings. The molecule has 0 spiro atoms. The Morgan fingerprint density at radius 1 is 0.881 bits per heavy atom. The van der Waals surface area contributed by atoms with E-state index in [2.05, 4.69) is 24.9 Å². The number of amides is 1. The second kappa shape index (κ2) is 11.7. The van der Waals surface area contributed by atoms with Crippen LogP contribution in [-0.2, 0) is 4.79 Å². The van der Waals surface area contributed by atoms with Crippen LogP contribution in [0, 0.1) is 0 Å². The number of nitrogens with two attached hydrogens (primary N) is 1. The lowest BCUT2D eigenvalue weighted by atomic mass is 10.0. The Kier molecular flexibility index (Phi) is 7.64. The van der Waals surface area contributed by atoms with Crippen LogP contribution in [0.5, 0.6) is 0 Å². The van der Waals surface area contributed by atoms with Gasteiger partial charge in [0.05, 0.1) is 54.0 Å². The highest BCUT2D eigenvalue weighted by Gasteiger charge is 2.37. The smallest absolute Gasteiger partial charge is 0.245 e. The zero-order chi connectivity index (χ0) is 29.2. The number of carbonyl (C=O) groups excluding carboxylic acids is 1. The molecule has 0 bridgehead atoms. The number of imidazole rings is 2.